The molecule has 0 bridgehead atoms. The van der Waals surface area contributed by atoms with Gasteiger partial charge in [0.05, 0.1) is 0 Å². The van der Waals surface area contributed by atoms with E-state index in [1.54, 1.807) is 10.9 Å². The molecule has 1 heterocycles. The van der Waals surface area contributed by atoms with Gasteiger partial charge in [0, 0.05) is 19.4 Å². The average molecular weight is 106 g/mol. The molecular formula is C4H7N2Na. The van der Waals surface area contributed by atoms with Crippen molar-refractivity contribution in [3.8, 4) is 0 Å². The molecule has 0 saturated heterocycles. The predicted octanol–water partition coefficient (Wildman–Crippen LogP) is -0.228. The molecule has 2 nitrogen and oxygen atoms in total. The maximum atomic E-state index is 3.83. The van der Waals surface area contributed by atoms with Gasteiger partial charge in [-0.1, -0.05) is 0 Å². The van der Waals surface area contributed by atoms with Crippen LogP contribution in [0.1, 0.15) is 0 Å². The van der Waals surface area contributed by atoms with Crippen LogP contribution in [0.5, 0.6) is 0 Å². The summed E-state index contributed by atoms with van der Waals surface area (Å²) in [5.74, 6) is 0. The van der Waals surface area contributed by atoms with E-state index in [4.69, 9.17) is 0 Å². The standard InChI is InChI=1S/C4H6N2.Na.H/c1-6-4-2-3-5-6;;/h2-4H,1H3;;. The fourth-order valence-electron chi connectivity index (χ4n) is 0.345. The van der Waals surface area contributed by atoms with Crippen LogP contribution >= 0.6 is 0 Å². The number of hydrogen-bond donors (Lipinski definition) is 0. The van der Waals surface area contributed by atoms with Gasteiger partial charge >= 0.3 is 29.6 Å². The van der Waals surface area contributed by atoms with Crippen LogP contribution in [0.3, 0.4) is 0 Å². The van der Waals surface area contributed by atoms with Crippen molar-refractivity contribution in [3.63, 3.8) is 0 Å². The second kappa shape index (κ2) is 3.24. The first kappa shape index (κ1) is 7.21. The average Bonchev–Trinajstić information content (AvgIpc) is 1.86. The van der Waals surface area contributed by atoms with Gasteiger partial charge in [0.25, 0.3) is 0 Å². The topological polar surface area (TPSA) is 17.8 Å². The zero-order valence-corrected chi connectivity index (χ0v) is 3.63. The van der Waals surface area contributed by atoms with Crippen LogP contribution in [-0.4, -0.2) is 39.3 Å². The molecule has 3 heteroatoms. The van der Waals surface area contributed by atoms with Gasteiger partial charge in [0.15, 0.2) is 0 Å². The quantitative estimate of drug-likeness (QED) is 0.418. The van der Waals surface area contributed by atoms with Crippen molar-refractivity contribution in [2.75, 3.05) is 0 Å². The Hall–Kier alpha value is 0.210. The molecule has 0 aromatic carbocycles. The third kappa shape index (κ3) is 2.12. The van der Waals surface area contributed by atoms with Crippen LogP contribution in [0, 0.1) is 0 Å². The van der Waals surface area contributed by atoms with E-state index in [0.29, 0.717) is 0 Å². The van der Waals surface area contributed by atoms with Crippen molar-refractivity contribution in [1.29, 1.82) is 0 Å². The summed E-state index contributed by atoms with van der Waals surface area (Å²) in [5, 5.41) is 3.83. The van der Waals surface area contributed by atoms with Crippen molar-refractivity contribution in [3.05, 3.63) is 18.5 Å². The zero-order valence-electron chi connectivity index (χ0n) is 3.63. The zero-order chi connectivity index (χ0) is 4.41. The molecule has 0 atom stereocenters. The Bertz CT molecular complexity index is 113. The minimum absolute atomic E-state index is 0. The Morgan fingerprint density at radius 3 is 2.43 bits per heavy atom. The van der Waals surface area contributed by atoms with Gasteiger partial charge in [-0.05, 0) is 6.07 Å². The van der Waals surface area contributed by atoms with E-state index in [-0.39, 0.29) is 29.6 Å². The van der Waals surface area contributed by atoms with E-state index >= 15 is 0 Å². The molecule has 0 radical (unpaired) electrons. The van der Waals surface area contributed by atoms with E-state index in [1.807, 2.05) is 19.3 Å². The van der Waals surface area contributed by atoms with Crippen molar-refractivity contribution >= 4 is 29.6 Å². The van der Waals surface area contributed by atoms with Crippen LogP contribution in [0.15, 0.2) is 18.5 Å². The molecule has 0 aliphatic rings. The molecule has 0 saturated carbocycles. The Morgan fingerprint density at radius 2 is 2.29 bits per heavy atom. The molecule has 1 rings (SSSR count). The predicted molar refractivity (Wildman–Crippen MR) is 30.4 cm³/mol. The third-order valence-electron chi connectivity index (χ3n) is 0.637. The van der Waals surface area contributed by atoms with Crippen molar-refractivity contribution < 1.29 is 0 Å². The first-order valence-corrected chi connectivity index (χ1v) is 1.83. The Labute approximate surface area is 64.8 Å². The van der Waals surface area contributed by atoms with Crippen LogP contribution in [-0.2, 0) is 7.05 Å². The number of rotatable bonds is 0. The summed E-state index contributed by atoms with van der Waals surface area (Å²) in [6.07, 6.45) is 3.64. The van der Waals surface area contributed by atoms with Gasteiger partial charge in [0.2, 0.25) is 0 Å². The van der Waals surface area contributed by atoms with E-state index in [2.05, 4.69) is 5.10 Å². The van der Waals surface area contributed by atoms with Crippen LogP contribution in [0.25, 0.3) is 0 Å². The maximum absolute atomic E-state index is 3.83. The van der Waals surface area contributed by atoms with Crippen LogP contribution in [0.2, 0.25) is 0 Å². The molecule has 1 aromatic rings. The Balaban J connectivity index is 0.000000360. The second-order valence-corrected chi connectivity index (χ2v) is 1.18. The van der Waals surface area contributed by atoms with Crippen LogP contribution < -0.4 is 0 Å². The molecule has 0 N–H and O–H groups in total. The van der Waals surface area contributed by atoms with Crippen molar-refractivity contribution in [2.24, 2.45) is 7.05 Å². The summed E-state index contributed by atoms with van der Waals surface area (Å²) in [6.45, 7) is 0. The number of hydrogen-bond acceptors (Lipinski definition) is 1. The first-order chi connectivity index (χ1) is 2.89. The third-order valence-corrected chi connectivity index (χ3v) is 0.637. The van der Waals surface area contributed by atoms with Gasteiger partial charge in [0.1, 0.15) is 0 Å². The molecule has 0 fully saturated rings. The Kier molecular flexibility index (Phi) is 3.34. The summed E-state index contributed by atoms with van der Waals surface area (Å²) < 4.78 is 1.75. The van der Waals surface area contributed by atoms with Gasteiger partial charge in [-0.2, -0.15) is 5.10 Å². The van der Waals surface area contributed by atoms with Gasteiger partial charge < -0.3 is 0 Å². The molecule has 1 aromatic heterocycles. The number of aryl methyl sites for hydroxylation is 1. The van der Waals surface area contributed by atoms with E-state index in [0.717, 1.165) is 0 Å². The minimum atomic E-state index is 0. The number of nitrogens with zero attached hydrogens (tertiary/aromatic N) is 2. The van der Waals surface area contributed by atoms with Gasteiger partial charge in [-0.25, -0.2) is 0 Å². The Morgan fingerprint density at radius 1 is 1.57 bits per heavy atom. The summed E-state index contributed by atoms with van der Waals surface area (Å²) in [5.41, 5.74) is 0. The van der Waals surface area contributed by atoms with E-state index in [9.17, 15) is 0 Å². The summed E-state index contributed by atoms with van der Waals surface area (Å²) in [7, 11) is 1.89. The molecule has 0 aliphatic carbocycles. The van der Waals surface area contributed by atoms with E-state index in [1.165, 1.54) is 0 Å². The van der Waals surface area contributed by atoms with E-state index < -0.39 is 0 Å². The summed E-state index contributed by atoms with van der Waals surface area (Å²) in [6, 6.07) is 1.89. The molecular weight excluding hydrogens is 99.0 g/mol. The monoisotopic (exact) mass is 106 g/mol. The van der Waals surface area contributed by atoms with Gasteiger partial charge in [-0.15, -0.1) is 0 Å². The SMILES string of the molecule is Cn1cccn1.[NaH]. The second-order valence-electron chi connectivity index (χ2n) is 1.18. The fourth-order valence-corrected chi connectivity index (χ4v) is 0.345. The molecule has 34 valence electrons. The molecule has 0 amide bonds. The molecule has 0 spiro atoms. The first-order valence-electron chi connectivity index (χ1n) is 1.83. The normalized spacial score (nSPS) is 7.57. The van der Waals surface area contributed by atoms with Crippen LogP contribution in [0.4, 0.5) is 0 Å². The number of aromatic nitrogens is 2. The molecule has 0 aliphatic heterocycles. The molecule has 7 heavy (non-hydrogen) atoms. The summed E-state index contributed by atoms with van der Waals surface area (Å²) in [4.78, 5) is 0. The van der Waals surface area contributed by atoms with Crippen molar-refractivity contribution in [1.82, 2.24) is 9.78 Å². The van der Waals surface area contributed by atoms with Crippen molar-refractivity contribution in [2.45, 2.75) is 0 Å². The fraction of sp³-hybridized carbons (Fsp3) is 0.250. The summed E-state index contributed by atoms with van der Waals surface area (Å²) >= 11 is 0. The van der Waals surface area contributed by atoms with Gasteiger partial charge in [-0.3, -0.25) is 4.68 Å². The molecule has 0 unspecified atom stereocenters.